The molecule has 0 rings (SSSR count). The van der Waals surface area contributed by atoms with Crippen LogP contribution in [0.25, 0.3) is 0 Å². The van der Waals surface area contributed by atoms with Crippen LogP contribution in [0, 0.1) is 11.8 Å². The highest BCUT2D eigenvalue weighted by Crippen LogP contribution is 2.06. The van der Waals surface area contributed by atoms with Crippen LogP contribution in [-0.4, -0.2) is 13.1 Å². The maximum absolute atomic E-state index is 10.8. The van der Waals surface area contributed by atoms with Crippen molar-refractivity contribution < 1.29 is 9.53 Å². The molecular weight excluding hydrogens is 176 g/mol. The monoisotopic (exact) mass is 194 g/mol. The molecule has 2 heteroatoms. The minimum Gasteiger partial charge on any atom is -0.469 e. The van der Waals surface area contributed by atoms with Crippen LogP contribution in [-0.2, 0) is 9.53 Å². The van der Waals surface area contributed by atoms with Crippen molar-refractivity contribution in [2.45, 2.75) is 39.5 Å². The Labute approximate surface area is 86.3 Å². The lowest BCUT2D eigenvalue weighted by atomic mass is 10.1. The third-order valence-corrected chi connectivity index (χ3v) is 1.89. The van der Waals surface area contributed by atoms with Gasteiger partial charge in [-0.15, -0.1) is 11.8 Å². The maximum atomic E-state index is 10.8. The predicted molar refractivity (Wildman–Crippen MR) is 57.7 cm³/mol. The Balaban J connectivity index is 3.65. The van der Waals surface area contributed by atoms with Crippen molar-refractivity contribution in [3.05, 3.63) is 11.6 Å². The molecule has 0 radical (unpaired) electrons. The average Bonchev–Trinajstić information content (AvgIpc) is 2.21. The molecule has 0 saturated carbocycles. The van der Waals surface area contributed by atoms with Gasteiger partial charge in [0.25, 0.3) is 0 Å². The van der Waals surface area contributed by atoms with E-state index < -0.39 is 0 Å². The van der Waals surface area contributed by atoms with E-state index >= 15 is 0 Å². The van der Waals surface area contributed by atoms with Gasteiger partial charge in [-0.1, -0.05) is 11.6 Å². The molecule has 0 aliphatic rings. The predicted octanol–water partition coefficient (Wildman–Crippen LogP) is 2.69. The minimum absolute atomic E-state index is 0.147. The summed E-state index contributed by atoms with van der Waals surface area (Å²) in [4.78, 5) is 10.8. The highest BCUT2D eigenvalue weighted by atomic mass is 16.5. The number of carbonyl (C=O) groups is 1. The van der Waals surface area contributed by atoms with E-state index in [1.165, 1.54) is 12.7 Å². The fraction of sp³-hybridized carbons (Fsp3) is 0.583. The normalized spacial score (nSPS) is 10.4. The second-order valence-corrected chi connectivity index (χ2v) is 3.09. The Morgan fingerprint density at radius 3 is 2.71 bits per heavy atom. The van der Waals surface area contributed by atoms with Gasteiger partial charge in [0.2, 0.25) is 0 Å². The van der Waals surface area contributed by atoms with Gasteiger partial charge < -0.3 is 4.74 Å². The SMILES string of the molecule is CC#CCCC=C(C)CCC(=O)OC. The van der Waals surface area contributed by atoms with Crippen LogP contribution >= 0.6 is 0 Å². The zero-order valence-electron chi connectivity index (χ0n) is 9.22. The molecule has 0 atom stereocenters. The molecule has 0 saturated heterocycles. The van der Waals surface area contributed by atoms with Crippen LogP contribution in [0.1, 0.15) is 39.5 Å². The molecule has 2 nitrogen and oxygen atoms in total. The summed E-state index contributed by atoms with van der Waals surface area (Å²) in [6.45, 7) is 3.87. The van der Waals surface area contributed by atoms with Crippen molar-refractivity contribution in [3.63, 3.8) is 0 Å². The van der Waals surface area contributed by atoms with Gasteiger partial charge in [0.05, 0.1) is 7.11 Å². The van der Waals surface area contributed by atoms with E-state index in [0.717, 1.165) is 19.3 Å². The zero-order valence-corrected chi connectivity index (χ0v) is 9.22. The molecule has 0 N–H and O–H groups in total. The van der Waals surface area contributed by atoms with Crippen molar-refractivity contribution in [2.75, 3.05) is 7.11 Å². The van der Waals surface area contributed by atoms with Crippen molar-refractivity contribution in [2.24, 2.45) is 0 Å². The maximum Gasteiger partial charge on any atom is 0.305 e. The number of allylic oxidation sites excluding steroid dienone is 2. The van der Waals surface area contributed by atoms with E-state index in [9.17, 15) is 4.79 Å². The van der Waals surface area contributed by atoms with Crippen molar-refractivity contribution >= 4 is 5.97 Å². The van der Waals surface area contributed by atoms with Gasteiger partial charge in [0.1, 0.15) is 0 Å². The molecule has 0 spiro atoms. The summed E-state index contributed by atoms with van der Waals surface area (Å²) in [7, 11) is 1.41. The second kappa shape index (κ2) is 8.37. The zero-order chi connectivity index (χ0) is 10.8. The number of rotatable bonds is 5. The van der Waals surface area contributed by atoms with Crippen molar-refractivity contribution in [1.82, 2.24) is 0 Å². The van der Waals surface area contributed by atoms with E-state index in [1.807, 2.05) is 13.8 Å². The average molecular weight is 194 g/mol. The topological polar surface area (TPSA) is 26.3 Å². The van der Waals surface area contributed by atoms with E-state index in [2.05, 4.69) is 22.7 Å². The van der Waals surface area contributed by atoms with Crippen LogP contribution in [0.15, 0.2) is 11.6 Å². The van der Waals surface area contributed by atoms with E-state index in [0.29, 0.717) is 6.42 Å². The molecule has 0 fully saturated rings. The second-order valence-electron chi connectivity index (χ2n) is 3.09. The molecule has 0 amide bonds. The fourth-order valence-electron chi connectivity index (χ4n) is 1.02. The lowest BCUT2D eigenvalue weighted by Gasteiger charge is -1.99. The van der Waals surface area contributed by atoms with Gasteiger partial charge >= 0.3 is 5.97 Å². The van der Waals surface area contributed by atoms with Crippen molar-refractivity contribution in [1.29, 1.82) is 0 Å². The number of ether oxygens (including phenoxy) is 1. The molecule has 0 unspecified atom stereocenters. The molecule has 0 aromatic carbocycles. The lowest BCUT2D eigenvalue weighted by Crippen LogP contribution is -1.99. The first kappa shape index (κ1) is 12.8. The number of methoxy groups -OCH3 is 1. The van der Waals surface area contributed by atoms with E-state index in [-0.39, 0.29) is 5.97 Å². The first-order valence-corrected chi connectivity index (χ1v) is 4.82. The molecular formula is C12H18O2. The Morgan fingerprint density at radius 1 is 1.43 bits per heavy atom. The van der Waals surface area contributed by atoms with Crippen LogP contribution in [0.5, 0.6) is 0 Å². The smallest absolute Gasteiger partial charge is 0.305 e. The van der Waals surface area contributed by atoms with E-state index in [1.54, 1.807) is 0 Å². The van der Waals surface area contributed by atoms with Gasteiger partial charge in [0, 0.05) is 12.8 Å². The number of hydrogen-bond donors (Lipinski definition) is 0. The summed E-state index contributed by atoms with van der Waals surface area (Å²) in [5.74, 6) is 5.69. The standard InChI is InChI=1S/C12H18O2/c1-4-5-6-7-8-11(2)9-10-12(13)14-3/h8H,6-7,9-10H2,1-3H3. The summed E-state index contributed by atoms with van der Waals surface area (Å²) in [6.07, 6.45) is 5.25. The molecule has 0 aliphatic carbocycles. The Kier molecular flexibility index (Phi) is 7.64. The fourth-order valence-corrected chi connectivity index (χ4v) is 1.02. The highest BCUT2D eigenvalue weighted by Gasteiger charge is 1.99. The van der Waals surface area contributed by atoms with Gasteiger partial charge in [0.15, 0.2) is 0 Å². The molecule has 14 heavy (non-hydrogen) atoms. The molecule has 78 valence electrons. The Bertz CT molecular complexity index is 253. The molecule has 0 aliphatic heterocycles. The largest absolute Gasteiger partial charge is 0.469 e. The minimum atomic E-state index is -0.147. The Hall–Kier alpha value is -1.23. The lowest BCUT2D eigenvalue weighted by molar-refractivity contribution is -0.140. The van der Waals surface area contributed by atoms with Gasteiger partial charge in [-0.05, 0) is 26.7 Å². The summed E-state index contributed by atoms with van der Waals surface area (Å²) in [6, 6.07) is 0. The van der Waals surface area contributed by atoms with Crippen LogP contribution in [0.4, 0.5) is 0 Å². The Morgan fingerprint density at radius 2 is 2.14 bits per heavy atom. The first-order chi connectivity index (χ1) is 6.70. The molecule has 0 aromatic heterocycles. The molecule has 0 aromatic rings. The number of hydrogen-bond acceptors (Lipinski definition) is 2. The summed E-state index contributed by atoms with van der Waals surface area (Å²) < 4.78 is 4.56. The third-order valence-electron chi connectivity index (χ3n) is 1.89. The van der Waals surface area contributed by atoms with Gasteiger partial charge in [-0.3, -0.25) is 4.79 Å². The molecule has 0 bridgehead atoms. The van der Waals surface area contributed by atoms with Gasteiger partial charge in [-0.2, -0.15) is 0 Å². The number of esters is 1. The summed E-state index contributed by atoms with van der Waals surface area (Å²) >= 11 is 0. The number of carbonyl (C=O) groups excluding carboxylic acids is 1. The molecule has 0 heterocycles. The summed E-state index contributed by atoms with van der Waals surface area (Å²) in [5, 5.41) is 0. The van der Waals surface area contributed by atoms with Crippen LogP contribution < -0.4 is 0 Å². The first-order valence-electron chi connectivity index (χ1n) is 4.82. The van der Waals surface area contributed by atoms with Crippen LogP contribution in [0.3, 0.4) is 0 Å². The summed E-state index contributed by atoms with van der Waals surface area (Å²) in [5.41, 5.74) is 1.23. The van der Waals surface area contributed by atoms with Crippen molar-refractivity contribution in [3.8, 4) is 11.8 Å². The third kappa shape index (κ3) is 7.42. The van der Waals surface area contributed by atoms with Crippen LogP contribution in [0.2, 0.25) is 0 Å². The highest BCUT2D eigenvalue weighted by molar-refractivity contribution is 5.69. The number of unbranched alkanes of at least 4 members (excludes halogenated alkanes) is 1. The van der Waals surface area contributed by atoms with Gasteiger partial charge in [-0.25, -0.2) is 0 Å². The quantitative estimate of drug-likeness (QED) is 0.291. The van der Waals surface area contributed by atoms with E-state index in [4.69, 9.17) is 0 Å².